The van der Waals surface area contributed by atoms with Crippen molar-refractivity contribution < 1.29 is 9.31 Å². The Morgan fingerprint density at radius 1 is 0.724 bits per heavy atom. The summed E-state index contributed by atoms with van der Waals surface area (Å²) in [5.41, 5.74) is 4.17. The molecular formula is C25H26BNO2. The molecule has 1 fully saturated rings. The topological polar surface area (TPSA) is 23.4 Å². The van der Waals surface area contributed by atoms with E-state index in [1.54, 1.807) is 0 Å². The number of nitrogens with zero attached hydrogens (tertiary/aromatic N) is 1. The van der Waals surface area contributed by atoms with Crippen LogP contribution in [0.1, 0.15) is 33.3 Å². The lowest BCUT2D eigenvalue weighted by Crippen LogP contribution is -2.41. The standard InChI is InChI=1S/C25H26BNO2/c1-24(2)25(3,4)29-26(28-24)19-14-15-23-21(16-19)20-12-8-9-13-22(20)27(23)17-18-10-6-5-7-11-18/h5-16H,17H2,1-4H3. The zero-order chi connectivity index (χ0) is 20.2. The van der Waals surface area contributed by atoms with E-state index in [1.807, 2.05) is 0 Å². The molecule has 4 heteroatoms. The maximum absolute atomic E-state index is 6.28. The molecule has 0 spiro atoms. The first kappa shape index (κ1) is 18.5. The van der Waals surface area contributed by atoms with Crippen molar-refractivity contribution in [1.29, 1.82) is 0 Å². The van der Waals surface area contributed by atoms with Gasteiger partial charge in [0.2, 0.25) is 0 Å². The Bertz CT molecular complexity index is 1180. The first-order valence-electron chi connectivity index (χ1n) is 10.3. The van der Waals surface area contributed by atoms with Crippen LogP contribution >= 0.6 is 0 Å². The van der Waals surface area contributed by atoms with Crippen molar-refractivity contribution in [2.75, 3.05) is 0 Å². The van der Waals surface area contributed by atoms with Gasteiger partial charge < -0.3 is 13.9 Å². The molecule has 146 valence electrons. The SMILES string of the molecule is CC1(C)OB(c2ccc3c(c2)c2ccccc2n3Cc2ccccc2)OC1(C)C. The van der Waals surface area contributed by atoms with Crippen LogP contribution in [0, 0.1) is 0 Å². The second-order valence-electron chi connectivity index (χ2n) is 8.95. The van der Waals surface area contributed by atoms with Crippen molar-refractivity contribution in [2.45, 2.75) is 45.4 Å². The van der Waals surface area contributed by atoms with E-state index in [0.29, 0.717) is 0 Å². The highest BCUT2D eigenvalue weighted by molar-refractivity contribution is 6.62. The summed E-state index contributed by atoms with van der Waals surface area (Å²) in [6.45, 7) is 9.23. The highest BCUT2D eigenvalue weighted by Gasteiger charge is 2.51. The van der Waals surface area contributed by atoms with Gasteiger partial charge in [-0.1, -0.05) is 60.7 Å². The van der Waals surface area contributed by atoms with E-state index in [1.165, 1.54) is 27.4 Å². The van der Waals surface area contributed by atoms with E-state index >= 15 is 0 Å². The van der Waals surface area contributed by atoms with Crippen LogP contribution in [0.3, 0.4) is 0 Å². The number of hydrogen-bond acceptors (Lipinski definition) is 2. The van der Waals surface area contributed by atoms with Gasteiger partial charge in [0.15, 0.2) is 0 Å². The predicted octanol–water partition coefficient (Wildman–Crippen LogP) is 5.14. The molecule has 0 amide bonds. The predicted molar refractivity (Wildman–Crippen MR) is 121 cm³/mol. The molecule has 3 aromatic carbocycles. The molecule has 3 nitrogen and oxygen atoms in total. The number of aromatic nitrogens is 1. The normalized spacial score (nSPS) is 18.0. The van der Waals surface area contributed by atoms with Crippen LogP contribution in [0.2, 0.25) is 0 Å². The summed E-state index contributed by atoms with van der Waals surface area (Å²) in [6, 6.07) is 25.8. The lowest BCUT2D eigenvalue weighted by Gasteiger charge is -2.32. The zero-order valence-electron chi connectivity index (χ0n) is 17.5. The van der Waals surface area contributed by atoms with Crippen molar-refractivity contribution in [1.82, 2.24) is 4.57 Å². The lowest BCUT2D eigenvalue weighted by atomic mass is 9.78. The Hall–Kier alpha value is -2.56. The molecule has 4 aromatic rings. The molecule has 1 aromatic heterocycles. The Balaban J connectivity index is 1.63. The smallest absolute Gasteiger partial charge is 0.399 e. The minimum absolute atomic E-state index is 0.339. The van der Waals surface area contributed by atoms with Crippen LogP contribution < -0.4 is 5.46 Å². The third kappa shape index (κ3) is 2.99. The van der Waals surface area contributed by atoms with E-state index in [9.17, 15) is 0 Å². The summed E-state index contributed by atoms with van der Waals surface area (Å²) in [6.07, 6.45) is 0. The monoisotopic (exact) mass is 383 g/mol. The van der Waals surface area contributed by atoms with Crippen molar-refractivity contribution in [3.63, 3.8) is 0 Å². The molecule has 0 unspecified atom stereocenters. The second-order valence-corrected chi connectivity index (χ2v) is 8.95. The van der Waals surface area contributed by atoms with E-state index < -0.39 is 0 Å². The number of fused-ring (bicyclic) bond motifs is 3. The number of rotatable bonds is 3. The van der Waals surface area contributed by atoms with Gasteiger partial charge in [-0.05, 0) is 50.9 Å². The summed E-state index contributed by atoms with van der Waals surface area (Å²) in [5.74, 6) is 0. The van der Waals surface area contributed by atoms with Gasteiger partial charge in [0.1, 0.15) is 0 Å². The van der Waals surface area contributed by atoms with Gasteiger partial charge in [-0.15, -0.1) is 0 Å². The molecule has 2 heterocycles. The van der Waals surface area contributed by atoms with Crippen LogP contribution in [-0.2, 0) is 15.9 Å². The van der Waals surface area contributed by atoms with Crippen LogP contribution in [0.15, 0.2) is 72.8 Å². The van der Waals surface area contributed by atoms with Crippen LogP contribution in [0.5, 0.6) is 0 Å². The van der Waals surface area contributed by atoms with Crippen LogP contribution in [0.4, 0.5) is 0 Å². The van der Waals surface area contributed by atoms with E-state index in [2.05, 4.69) is 105 Å². The molecule has 5 rings (SSSR count). The molecule has 0 atom stereocenters. The molecule has 0 bridgehead atoms. The Morgan fingerprint density at radius 2 is 1.34 bits per heavy atom. The maximum Gasteiger partial charge on any atom is 0.494 e. The third-order valence-corrected chi connectivity index (χ3v) is 6.51. The maximum atomic E-state index is 6.28. The van der Waals surface area contributed by atoms with Gasteiger partial charge in [0, 0.05) is 28.4 Å². The highest BCUT2D eigenvalue weighted by Crippen LogP contribution is 2.37. The Kier molecular flexibility index (Phi) is 4.13. The number of hydrogen-bond donors (Lipinski definition) is 0. The van der Waals surface area contributed by atoms with Crippen molar-refractivity contribution in [2.24, 2.45) is 0 Å². The quantitative estimate of drug-likeness (QED) is 0.457. The summed E-state index contributed by atoms with van der Waals surface area (Å²) in [5, 5.41) is 2.50. The average Bonchev–Trinajstić information content (AvgIpc) is 3.13. The largest absolute Gasteiger partial charge is 0.494 e. The highest BCUT2D eigenvalue weighted by atomic mass is 16.7. The zero-order valence-corrected chi connectivity index (χ0v) is 17.5. The summed E-state index contributed by atoms with van der Waals surface area (Å²) >= 11 is 0. The fraction of sp³-hybridized carbons (Fsp3) is 0.280. The van der Waals surface area contributed by atoms with E-state index in [-0.39, 0.29) is 18.3 Å². The fourth-order valence-corrected chi connectivity index (χ4v) is 4.13. The minimum atomic E-state index is -0.347. The molecule has 1 aliphatic heterocycles. The average molecular weight is 383 g/mol. The van der Waals surface area contributed by atoms with Crippen molar-refractivity contribution in [3.05, 3.63) is 78.4 Å². The van der Waals surface area contributed by atoms with Gasteiger partial charge in [-0.2, -0.15) is 0 Å². The molecule has 1 aliphatic rings. The summed E-state index contributed by atoms with van der Waals surface area (Å²) < 4.78 is 15.0. The van der Waals surface area contributed by atoms with Gasteiger partial charge in [0.25, 0.3) is 0 Å². The minimum Gasteiger partial charge on any atom is -0.399 e. The molecular weight excluding hydrogens is 357 g/mol. The number of para-hydroxylation sites is 1. The fourth-order valence-electron chi connectivity index (χ4n) is 4.13. The van der Waals surface area contributed by atoms with Crippen molar-refractivity contribution in [3.8, 4) is 0 Å². The van der Waals surface area contributed by atoms with Crippen LogP contribution in [0.25, 0.3) is 21.8 Å². The molecule has 1 saturated heterocycles. The summed E-state index contributed by atoms with van der Waals surface area (Å²) in [4.78, 5) is 0. The van der Waals surface area contributed by atoms with Gasteiger partial charge in [-0.3, -0.25) is 0 Å². The van der Waals surface area contributed by atoms with E-state index in [4.69, 9.17) is 9.31 Å². The van der Waals surface area contributed by atoms with Gasteiger partial charge >= 0.3 is 7.12 Å². The second kappa shape index (κ2) is 6.48. The third-order valence-electron chi connectivity index (χ3n) is 6.51. The molecule has 0 radical (unpaired) electrons. The van der Waals surface area contributed by atoms with Crippen molar-refractivity contribution >= 4 is 34.4 Å². The lowest BCUT2D eigenvalue weighted by molar-refractivity contribution is 0.00578. The van der Waals surface area contributed by atoms with Gasteiger partial charge in [-0.25, -0.2) is 0 Å². The Morgan fingerprint density at radius 3 is 2.07 bits per heavy atom. The molecule has 0 saturated carbocycles. The first-order valence-corrected chi connectivity index (χ1v) is 10.3. The van der Waals surface area contributed by atoms with E-state index in [0.717, 1.165) is 12.0 Å². The van der Waals surface area contributed by atoms with Crippen LogP contribution in [-0.4, -0.2) is 22.9 Å². The molecule has 29 heavy (non-hydrogen) atoms. The Labute approximate surface area is 172 Å². The number of benzene rings is 3. The summed E-state index contributed by atoms with van der Waals surface area (Å²) in [7, 11) is -0.347. The molecule has 0 N–H and O–H groups in total. The molecule has 0 aliphatic carbocycles. The first-order chi connectivity index (χ1) is 13.9. The van der Waals surface area contributed by atoms with Gasteiger partial charge in [0.05, 0.1) is 11.2 Å².